The zero-order chi connectivity index (χ0) is 35.8. The Morgan fingerprint density at radius 3 is 2.04 bits per heavy atom. The van der Waals surface area contributed by atoms with Crippen LogP contribution in [0.1, 0.15) is 90.5 Å². The van der Waals surface area contributed by atoms with Crippen molar-refractivity contribution in [3.8, 4) is 0 Å². The lowest BCUT2D eigenvalue weighted by Crippen LogP contribution is -2.30. The Labute approximate surface area is 301 Å². The highest BCUT2D eigenvalue weighted by Gasteiger charge is 2.43. The largest absolute Gasteiger partial charge is 0.309 e. The Kier molecular flexibility index (Phi) is 7.30. The van der Waals surface area contributed by atoms with Crippen LogP contribution in [0.15, 0.2) is 124 Å². The summed E-state index contributed by atoms with van der Waals surface area (Å²) in [7, 11) is 0. The monoisotopic (exact) mass is 699 g/mol. The van der Waals surface area contributed by atoms with Crippen LogP contribution in [0, 0.1) is 0 Å². The summed E-state index contributed by atoms with van der Waals surface area (Å²) in [6, 6.07) is 27.4. The van der Waals surface area contributed by atoms with Crippen molar-refractivity contribution in [1.29, 1.82) is 0 Å². The minimum Gasteiger partial charge on any atom is -0.309 e. The maximum Gasteiger partial charge on any atom is 0.266 e. The smallest absolute Gasteiger partial charge is 0.266 e. The number of anilines is 1. The van der Waals surface area contributed by atoms with E-state index in [0.29, 0.717) is 33.8 Å². The van der Waals surface area contributed by atoms with E-state index in [4.69, 9.17) is 0 Å². The van der Waals surface area contributed by atoms with Gasteiger partial charge >= 0.3 is 0 Å². The molecule has 1 aromatic heterocycles. The van der Waals surface area contributed by atoms with Crippen LogP contribution in [-0.4, -0.2) is 33.3 Å². The summed E-state index contributed by atoms with van der Waals surface area (Å²) in [6.07, 6.45) is 6.72. The zero-order valence-electron chi connectivity index (χ0n) is 28.1. The summed E-state index contributed by atoms with van der Waals surface area (Å²) >= 11 is 1.51. The third-order valence-corrected chi connectivity index (χ3v) is 11.0. The van der Waals surface area contributed by atoms with E-state index in [1.165, 1.54) is 16.7 Å². The first-order valence-corrected chi connectivity index (χ1v) is 17.8. The number of rotatable bonds is 6. The topological polar surface area (TPSA) is 117 Å². The molecule has 0 saturated heterocycles. The molecule has 6 aromatic rings. The van der Waals surface area contributed by atoms with Gasteiger partial charge in [-0.15, -0.1) is 0 Å². The predicted molar refractivity (Wildman–Crippen MR) is 202 cm³/mol. The fraction of sp³-hybridized carbons (Fsp3) is 0.116. The number of hydrogen-bond donors (Lipinski definition) is 1. The van der Waals surface area contributed by atoms with E-state index in [-0.39, 0.29) is 34.0 Å². The van der Waals surface area contributed by atoms with Crippen molar-refractivity contribution in [3.63, 3.8) is 0 Å². The van der Waals surface area contributed by atoms with Crippen molar-refractivity contribution in [1.82, 2.24) is 9.97 Å². The van der Waals surface area contributed by atoms with Gasteiger partial charge in [0.25, 0.3) is 17.4 Å². The van der Waals surface area contributed by atoms with E-state index in [1.54, 1.807) is 36.4 Å². The first-order valence-electron chi connectivity index (χ1n) is 17.0. The summed E-state index contributed by atoms with van der Waals surface area (Å²) in [5.41, 5.74) is 4.23. The van der Waals surface area contributed by atoms with E-state index in [0.717, 1.165) is 26.5 Å². The van der Waals surface area contributed by atoms with Crippen molar-refractivity contribution >= 4 is 68.1 Å². The standard InChI is InChI=1S/C43H29N3O5S/c1-22(2)24-12-15-36(29(16-24)23-8-6-7-9-23)46-42(50)32-19-25-17-30-31(18-26(25)20-33(32)43(46)51)39(48)37(38(30)47)40-44-35-14-13-28(21-34(35)41(49)45-40)52-27-10-4-3-5-11-27/h3-8,10-22,37H,9H2,1-2H3,(H,44,45,49). The molecule has 0 saturated carbocycles. The number of nitrogens with zero attached hydrogens (tertiary/aromatic N) is 2. The SMILES string of the molecule is CC(C)c1ccc(N2C(=O)c3cc4cc5c(cc4cc3C2=O)C(=O)C(c2nc3ccc(Sc4ccccc4)cc3c(=O)[nH]2)C5=O)c(C2=CC=CC2)c1. The fourth-order valence-electron chi connectivity index (χ4n) is 7.31. The van der Waals surface area contributed by atoms with Gasteiger partial charge in [-0.05, 0) is 101 Å². The van der Waals surface area contributed by atoms with Crippen LogP contribution in [0.5, 0.6) is 0 Å². The van der Waals surface area contributed by atoms with E-state index in [9.17, 15) is 24.0 Å². The molecule has 1 N–H and O–H groups in total. The number of allylic oxidation sites excluding steroid dienone is 4. The van der Waals surface area contributed by atoms with Gasteiger partial charge in [-0.3, -0.25) is 24.0 Å². The fourth-order valence-corrected chi connectivity index (χ4v) is 8.19. The number of Topliss-reactive ketones (excluding diaryl/α,β-unsaturated/α-hetero) is 2. The Morgan fingerprint density at radius 2 is 1.40 bits per heavy atom. The number of aromatic nitrogens is 2. The summed E-state index contributed by atoms with van der Waals surface area (Å²) < 4.78 is 0. The molecule has 5 aromatic carbocycles. The van der Waals surface area contributed by atoms with Gasteiger partial charge in [-0.2, -0.15) is 0 Å². The van der Waals surface area contributed by atoms with Crippen molar-refractivity contribution in [2.45, 2.75) is 41.9 Å². The lowest BCUT2D eigenvalue weighted by atomic mass is 9.95. The van der Waals surface area contributed by atoms with Gasteiger partial charge in [-0.1, -0.05) is 68.1 Å². The molecule has 2 aliphatic carbocycles. The number of carbonyl (C=O) groups excluding carboxylic acids is 4. The van der Waals surface area contributed by atoms with Crippen molar-refractivity contribution in [3.05, 3.63) is 159 Å². The van der Waals surface area contributed by atoms with Crippen LogP contribution < -0.4 is 10.5 Å². The molecule has 0 atom stereocenters. The van der Waals surface area contributed by atoms with Crippen LogP contribution in [0.3, 0.4) is 0 Å². The number of fused-ring (bicyclic) bond motifs is 4. The van der Waals surface area contributed by atoms with Gasteiger partial charge in [0.15, 0.2) is 11.6 Å². The molecule has 52 heavy (non-hydrogen) atoms. The van der Waals surface area contributed by atoms with E-state index in [1.807, 2.05) is 66.8 Å². The van der Waals surface area contributed by atoms with Crippen LogP contribution in [0.25, 0.3) is 27.2 Å². The number of carbonyl (C=O) groups is 4. The summed E-state index contributed by atoms with van der Waals surface area (Å²) in [5.74, 6) is -2.95. The molecular weight excluding hydrogens is 671 g/mol. The molecular formula is C43H29N3O5S. The number of H-pyrrole nitrogens is 1. The third-order valence-electron chi connectivity index (χ3n) is 10.0. The molecule has 1 aliphatic heterocycles. The number of aromatic amines is 1. The molecule has 2 amide bonds. The molecule has 2 heterocycles. The minimum absolute atomic E-state index is 0.0217. The van der Waals surface area contributed by atoms with Crippen molar-refractivity contribution < 1.29 is 19.2 Å². The predicted octanol–water partition coefficient (Wildman–Crippen LogP) is 8.66. The average Bonchev–Trinajstić information content (AvgIpc) is 3.83. The molecule has 9 heteroatoms. The van der Waals surface area contributed by atoms with Gasteiger partial charge in [0.05, 0.1) is 27.7 Å². The second-order valence-electron chi connectivity index (χ2n) is 13.6. The van der Waals surface area contributed by atoms with Gasteiger partial charge in [0.2, 0.25) is 0 Å². The van der Waals surface area contributed by atoms with Crippen molar-refractivity contribution in [2.75, 3.05) is 4.90 Å². The zero-order valence-corrected chi connectivity index (χ0v) is 28.9. The number of ketones is 2. The highest BCUT2D eigenvalue weighted by molar-refractivity contribution is 7.99. The minimum atomic E-state index is -1.32. The lowest BCUT2D eigenvalue weighted by Gasteiger charge is -2.21. The molecule has 0 spiro atoms. The second kappa shape index (κ2) is 12.0. The third kappa shape index (κ3) is 4.99. The maximum absolute atomic E-state index is 14.0. The molecule has 3 aliphatic rings. The van der Waals surface area contributed by atoms with E-state index < -0.39 is 34.9 Å². The molecule has 9 rings (SSSR count). The van der Waals surface area contributed by atoms with Gasteiger partial charge in [0, 0.05) is 26.5 Å². The van der Waals surface area contributed by atoms with Gasteiger partial charge < -0.3 is 4.98 Å². The second-order valence-corrected chi connectivity index (χ2v) is 14.7. The average molecular weight is 700 g/mol. The number of amides is 2. The van der Waals surface area contributed by atoms with Crippen LogP contribution in [-0.2, 0) is 0 Å². The number of imide groups is 1. The Morgan fingerprint density at radius 1 is 0.731 bits per heavy atom. The van der Waals surface area contributed by atoms with Crippen molar-refractivity contribution in [2.24, 2.45) is 0 Å². The molecule has 0 unspecified atom stereocenters. The lowest BCUT2D eigenvalue weighted by molar-refractivity contribution is 0.0880. The molecule has 0 radical (unpaired) electrons. The Balaban J connectivity index is 1.05. The number of nitrogens with one attached hydrogen (secondary N) is 1. The number of benzene rings is 5. The molecule has 8 nitrogen and oxygen atoms in total. The summed E-state index contributed by atoms with van der Waals surface area (Å²) in [6.45, 7) is 4.20. The van der Waals surface area contributed by atoms with Crippen LogP contribution in [0.2, 0.25) is 0 Å². The maximum atomic E-state index is 14.0. The van der Waals surface area contributed by atoms with Crippen LogP contribution in [0.4, 0.5) is 5.69 Å². The van der Waals surface area contributed by atoms with E-state index in [2.05, 4.69) is 29.9 Å². The summed E-state index contributed by atoms with van der Waals surface area (Å²) in [4.78, 5) is 79.3. The Hall–Kier alpha value is -6.19. The molecule has 0 bridgehead atoms. The Bertz CT molecular complexity index is 2650. The van der Waals surface area contributed by atoms with Crippen LogP contribution >= 0.6 is 11.8 Å². The van der Waals surface area contributed by atoms with E-state index >= 15 is 0 Å². The first-order chi connectivity index (χ1) is 25.2. The molecule has 252 valence electrons. The van der Waals surface area contributed by atoms with Gasteiger partial charge in [-0.25, -0.2) is 9.88 Å². The first kappa shape index (κ1) is 31.8. The number of hydrogen-bond acceptors (Lipinski definition) is 7. The molecule has 0 fully saturated rings. The quantitative estimate of drug-likeness (QED) is 0.137. The van der Waals surface area contributed by atoms with Gasteiger partial charge in [0.1, 0.15) is 11.7 Å². The highest BCUT2D eigenvalue weighted by Crippen LogP contribution is 2.41. The highest BCUT2D eigenvalue weighted by atomic mass is 32.2. The summed E-state index contributed by atoms with van der Waals surface area (Å²) in [5, 5.41) is 1.44. The normalized spacial score (nSPS) is 15.4.